The van der Waals surface area contributed by atoms with E-state index < -0.39 is 6.04 Å². The number of hydrogen-bond donors (Lipinski definition) is 1. The smallest absolute Gasteiger partial charge is 0.248 e. The van der Waals surface area contributed by atoms with Crippen molar-refractivity contribution in [2.24, 2.45) is 0 Å². The number of benzene rings is 1. The second-order valence-corrected chi connectivity index (χ2v) is 9.48. The van der Waals surface area contributed by atoms with Gasteiger partial charge in [0.2, 0.25) is 11.8 Å². The van der Waals surface area contributed by atoms with Gasteiger partial charge in [0.25, 0.3) is 0 Å². The molecule has 182 valence electrons. The van der Waals surface area contributed by atoms with Crippen molar-refractivity contribution in [3.8, 4) is 11.1 Å². The van der Waals surface area contributed by atoms with Crippen LogP contribution in [0.3, 0.4) is 0 Å². The van der Waals surface area contributed by atoms with Gasteiger partial charge in [-0.25, -0.2) is 15.0 Å². The van der Waals surface area contributed by atoms with Crippen LogP contribution in [0, 0.1) is 0 Å². The number of likely N-dealkylation sites (tertiary alicyclic amines) is 1. The van der Waals surface area contributed by atoms with Crippen LogP contribution >= 0.6 is 15.9 Å². The lowest BCUT2D eigenvalue weighted by Crippen LogP contribution is -2.44. The van der Waals surface area contributed by atoms with Gasteiger partial charge in [0, 0.05) is 47.2 Å². The number of anilines is 1. The number of Topliss-reactive ketones (excluding diaryl/α,β-unsaturated/α-hetero) is 1. The first-order chi connectivity index (χ1) is 17.4. The van der Waals surface area contributed by atoms with Crippen molar-refractivity contribution < 1.29 is 14.4 Å². The fourth-order valence-corrected chi connectivity index (χ4v) is 4.94. The third kappa shape index (κ3) is 4.76. The summed E-state index contributed by atoms with van der Waals surface area (Å²) in [5.41, 5.74) is 3.02. The number of nitrogens with zero attached hydrogens (tertiary/aromatic N) is 5. The molecule has 0 bridgehead atoms. The monoisotopic (exact) mass is 546 g/mol. The van der Waals surface area contributed by atoms with E-state index in [1.54, 1.807) is 46.3 Å². The Bertz CT molecular complexity index is 1470. The van der Waals surface area contributed by atoms with Crippen molar-refractivity contribution in [3.05, 3.63) is 71.5 Å². The van der Waals surface area contributed by atoms with Crippen molar-refractivity contribution in [2.75, 3.05) is 11.9 Å². The first-order valence-electron chi connectivity index (χ1n) is 11.5. The predicted molar refractivity (Wildman–Crippen MR) is 138 cm³/mol. The van der Waals surface area contributed by atoms with Crippen LogP contribution in [0.25, 0.3) is 22.0 Å². The average Bonchev–Trinajstić information content (AvgIpc) is 3.50. The molecule has 1 aliphatic heterocycles. The van der Waals surface area contributed by atoms with Gasteiger partial charge in [0.1, 0.15) is 29.3 Å². The topological polar surface area (TPSA) is 110 Å². The molecule has 3 aromatic heterocycles. The lowest BCUT2D eigenvalue weighted by molar-refractivity contribution is -0.137. The highest BCUT2D eigenvalue weighted by Gasteiger charge is 2.34. The van der Waals surface area contributed by atoms with Gasteiger partial charge in [0.15, 0.2) is 5.78 Å². The number of fused-ring (bicyclic) bond motifs is 1. The molecule has 0 saturated carbocycles. The molecule has 0 aliphatic carbocycles. The normalized spacial score (nSPS) is 15.3. The maximum atomic E-state index is 13.3. The number of amides is 2. The van der Waals surface area contributed by atoms with Crippen LogP contribution in [0.15, 0.2) is 65.9 Å². The molecule has 5 rings (SSSR count). The minimum Gasteiger partial charge on any atom is -0.337 e. The van der Waals surface area contributed by atoms with Crippen LogP contribution in [-0.2, 0) is 16.1 Å². The molecular weight excluding hydrogens is 524 g/mol. The zero-order valence-electron chi connectivity index (χ0n) is 19.5. The molecule has 36 heavy (non-hydrogen) atoms. The zero-order chi connectivity index (χ0) is 25.2. The summed E-state index contributed by atoms with van der Waals surface area (Å²) in [6.45, 7) is 2.03. The highest BCUT2D eigenvalue weighted by molar-refractivity contribution is 9.10. The Kier molecular flexibility index (Phi) is 6.60. The number of hydrogen-bond acceptors (Lipinski definition) is 6. The van der Waals surface area contributed by atoms with Gasteiger partial charge in [-0.2, -0.15) is 0 Å². The lowest BCUT2D eigenvalue weighted by atomic mass is 10.0. The number of carbonyl (C=O) groups excluding carboxylic acids is 3. The Balaban J connectivity index is 1.39. The van der Waals surface area contributed by atoms with E-state index in [9.17, 15) is 14.4 Å². The maximum absolute atomic E-state index is 13.3. The van der Waals surface area contributed by atoms with E-state index in [4.69, 9.17) is 0 Å². The van der Waals surface area contributed by atoms with Crippen LogP contribution in [0.2, 0.25) is 0 Å². The summed E-state index contributed by atoms with van der Waals surface area (Å²) in [7, 11) is 0. The van der Waals surface area contributed by atoms with Gasteiger partial charge >= 0.3 is 0 Å². The van der Waals surface area contributed by atoms with E-state index in [-0.39, 0.29) is 24.1 Å². The SMILES string of the molecule is CC(=O)c1cn(CC(=O)N2CCCC2C(=O)Nc2cccc(Br)n2)c2ccc(-c3cncnc3)cc12. The number of aromatic nitrogens is 4. The standard InChI is InChI=1S/C26H23BrN6O3/c1-16(34)20-13-32(21-8-7-17(10-19(20)21)18-11-28-15-29-12-18)14-25(35)33-9-3-4-22(33)26(36)31-24-6-2-5-23(27)30-24/h2,5-8,10-13,15,22H,3-4,9,14H2,1H3,(H,30,31,36). The van der Waals surface area contributed by atoms with E-state index in [0.717, 1.165) is 28.5 Å². The summed E-state index contributed by atoms with van der Waals surface area (Å²) in [4.78, 5) is 52.7. The predicted octanol–water partition coefficient (Wildman–Crippen LogP) is 4.09. The first kappa shape index (κ1) is 23.8. The minimum absolute atomic E-state index is 0.0243. The van der Waals surface area contributed by atoms with Crippen LogP contribution in [-0.4, -0.2) is 54.6 Å². The highest BCUT2D eigenvalue weighted by Crippen LogP contribution is 2.29. The summed E-state index contributed by atoms with van der Waals surface area (Å²) in [6, 6.07) is 10.4. The molecule has 1 aliphatic rings. The minimum atomic E-state index is -0.572. The Hall–Kier alpha value is -3.92. The van der Waals surface area contributed by atoms with E-state index in [2.05, 4.69) is 36.2 Å². The molecule has 9 nitrogen and oxygen atoms in total. The van der Waals surface area contributed by atoms with Gasteiger partial charge in [-0.05, 0) is 65.5 Å². The first-order valence-corrected chi connectivity index (χ1v) is 12.3. The second kappa shape index (κ2) is 9.98. The van der Waals surface area contributed by atoms with Crippen LogP contribution in [0.5, 0.6) is 0 Å². The molecular formula is C26H23BrN6O3. The molecule has 1 saturated heterocycles. The van der Waals surface area contributed by atoms with Gasteiger partial charge < -0.3 is 14.8 Å². The molecule has 2 amide bonds. The van der Waals surface area contributed by atoms with Crippen molar-refractivity contribution in [1.82, 2.24) is 24.4 Å². The summed E-state index contributed by atoms with van der Waals surface area (Å²) in [6.07, 6.45) is 7.93. The highest BCUT2D eigenvalue weighted by atomic mass is 79.9. The van der Waals surface area contributed by atoms with Crippen molar-refractivity contribution in [2.45, 2.75) is 32.4 Å². The lowest BCUT2D eigenvalue weighted by Gasteiger charge is -2.24. The molecule has 4 heterocycles. The van der Waals surface area contributed by atoms with Crippen LogP contribution < -0.4 is 5.32 Å². The fourth-order valence-electron chi connectivity index (χ4n) is 4.60. The summed E-state index contributed by atoms with van der Waals surface area (Å²) < 4.78 is 2.39. The summed E-state index contributed by atoms with van der Waals surface area (Å²) in [5, 5.41) is 3.57. The summed E-state index contributed by atoms with van der Waals surface area (Å²) in [5.74, 6) is -0.103. The molecule has 0 spiro atoms. The number of rotatable bonds is 6. The molecule has 1 unspecified atom stereocenters. The van der Waals surface area contributed by atoms with Gasteiger partial charge in [-0.3, -0.25) is 14.4 Å². The van der Waals surface area contributed by atoms with E-state index in [1.165, 1.54) is 13.3 Å². The number of halogens is 1. The molecule has 0 radical (unpaired) electrons. The average molecular weight is 547 g/mol. The van der Waals surface area contributed by atoms with E-state index in [0.29, 0.717) is 29.0 Å². The quantitative estimate of drug-likeness (QED) is 0.288. The summed E-state index contributed by atoms with van der Waals surface area (Å²) >= 11 is 3.30. The Labute approximate surface area is 215 Å². The molecule has 4 aromatic rings. The zero-order valence-corrected chi connectivity index (χ0v) is 21.1. The van der Waals surface area contributed by atoms with Crippen molar-refractivity contribution in [1.29, 1.82) is 0 Å². The molecule has 10 heteroatoms. The number of carbonyl (C=O) groups is 3. The third-order valence-corrected chi connectivity index (χ3v) is 6.74. The van der Waals surface area contributed by atoms with E-state index in [1.807, 2.05) is 18.2 Å². The Morgan fingerprint density at radius 1 is 1.11 bits per heavy atom. The van der Waals surface area contributed by atoms with Crippen molar-refractivity contribution in [3.63, 3.8) is 0 Å². The molecule has 1 N–H and O–H groups in total. The Morgan fingerprint density at radius 2 is 1.92 bits per heavy atom. The molecule has 1 fully saturated rings. The van der Waals surface area contributed by atoms with Crippen molar-refractivity contribution >= 4 is 50.2 Å². The van der Waals surface area contributed by atoms with Gasteiger partial charge in [0.05, 0.1) is 0 Å². The van der Waals surface area contributed by atoms with Gasteiger partial charge in [-0.1, -0.05) is 12.1 Å². The second-order valence-electron chi connectivity index (χ2n) is 8.67. The number of nitrogens with one attached hydrogen (secondary N) is 1. The maximum Gasteiger partial charge on any atom is 0.248 e. The third-order valence-electron chi connectivity index (χ3n) is 6.30. The molecule has 1 atom stereocenters. The van der Waals surface area contributed by atoms with Gasteiger partial charge in [-0.15, -0.1) is 0 Å². The van der Waals surface area contributed by atoms with Crippen LogP contribution in [0.1, 0.15) is 30.1 Å². The number of pyridine rings is 1. The number of ketones is 1. The van der Waals surface area contributed by atoms with Crippen LogP contribution in [0.4, 0.5) is 5.82 Å². The Morgan fingerprint density at radius 3 is 2.67 bits per heavy atom. The largest absolute Gasteiger partial charge is 0.337 e. The fraction of sp³-hybridized carbons (Fsp3) is 0.231. The van der Waals surface area contributed by atoms with E-state index >= 15 is 0 Å². The molecule has 1 aromatic carbocycles.